The molecule has 314 valence electrons. The number of benzene rings is 2. The number of nitrogens with zero attached hydrogens (tertiary/aromatic N) is 4. The van der Waals surface area contributed by atoms with Crippen molar-refractivity contribution in [1.29, 1.82) is 0 Å². The van der Waals surface area contributed by atoms with E-state index in [2.05, 4.69) is 26.3 Å². The van der Waals surface area contributed by atoms with Crippen molar-refractivity contribution >= 4 is 45.6 Å². The summed E-state index contributed by atoms with van der Waals surface area (Å²) in [5, 5.41) is 12.6. The monoisotopic (exact) mass is 803 g/mol. The van der Waals surface area contributed by atoms with Crippen LogP contribution in [0.1, 0.15) is 78.7 Å². The Bertz CT molecular complexity index is 2130. The van der Waals surface area contributed by atoms with Crippen molar-refractivity contribution in [3.05, 3.63) is 53.6 Å². The maximum atomic E-state index is 14.8. The first kappa shape index (κ1) is 42.7. The number of aromatic amines is 1. The van der Waals surface area contributed by atoms with Gasteiger partial charge in [0.1, 0.15) is 23.7 Å². The lowest BCUT2D eigenvalue weighted by molar-refractivity contribution is -0.138. The number of aromatic nitrogens is 3. The van der Waals surface area contributed by atoms with Gasteiger partial charge in [-0.05, 0) is 108 Å². The van der Waals surface area contributed by atoms with E-state index in [9.17, 15) is 28.0 Å². The van der Waals surface area contributed by atoms with Crippen LogP contribution in [0.2, 0.25) is 0 Å². The van der Waals surface area contributed by atoms with Gasteiger partial charge in [-0.25, -0.2) is 13.8 Å². The molecule has 2 fully saturated rings. The fourth-order valence-electron chi connectivity index (χ4n) is 8.48. The smallest absolute Gasteiger partial charge is 0.245 e. The van der Waals surface area contributed by atoms with Crippen molar-refractivity contribution in [2.75, 3.05) is 27.2 Å². The Balaban J connectivity index is 1.38. The summed E-state index contributed by atoms with van der Waals surface area (Å²) < 4.78 is 31.6. The standard InChI is InChI=1S/C43H59F2N9O4/c1-8-11-33(50-40(55)25(4)46-6)42(57)53-19-10-13-30(53)23-54-36-17-15-28(45)21-35(36)49-39(54)38-32(31-16-14-27(44)20-34(31)48-38)22-29-12-9-18-52(29)43(58)37(24(2)3)51-41(56)26(5)47-7/h14-17,20-21,24-26,29-30,33,37,46-48H,8-13,18-19,22-23H2,1-7H3,(H,50,55)(H,51,56)/t25-,26-,29-,30-,33-,37-/m0/s1. The van der Waals surface area contributed by atoms with Gasteiger partial charge in [0.2, 0.25) is 23.6 Å². The molecule has 0 saturated carbocycles. The molecule has 0 bridgehead atoms. The molecule has 4 heterocycles. The number of likely N-dealkylation sites (N-methyl/N-ethyl adjacent to an activating group) is 2. The van der Waals surface area contributed by atoms with E-state index < -0.39 is 35.8 Å². The normalized spacial score (nSPS) is 19.2. The molecule has 2 aromatic heterocycles. The quantitative estimate of drug-likeness (QED) is 0.111. The third kappa shape index (κ3) is 8.90. The van der Waals surface area contributed by atoms with Crippen LogP contribution < -0.4 is 21.3 Å². The van der Waals surface area contributed by atoms with Crippen molar-refractivity contribution < 1.29 is 28.0 Å². The lowest BCUT2D eigenvalue weighted by Gasteiger charge is -2.32. The molecule has 2 aromatic carbocycles. The van der Waals surface area contributed by atoms with Crippen LogP contribution >= 0.6 is 0 Å². The van der Waals surface area contributed by atoms with E-state index in [1.165, 1.54) is 24.3 Å². The molecule has 0 aliphatic carbocycles. The summed E-state index contributed by atoms with van der Waals surface area (Å²) in [6, 6.07) is 6.28. The number of fused-ring (bicyclic) bond motifs is 2. The van der Waals surface area contributed by atoms with Crippen molar-refractivity contribution in [2.24, 2.45) is 5.92 Å². The van der Waals surface area contributed by atoms with Gasteiger partial charge >= 0.3 is 0 Å². The minimum atomic E-state index is -0.714. The maximum Gasteiger partial charge on any atom is 0.245 e. The largest absolute Gasteiger partial charge is 0.352 e. The number of halogens is 2. The SMILES string of the molecule is CCC[C@H](NC(=O)[C@H](C)NC)C(=O)N1CCC[C@H]1Cn1c(-c2[nH]c3cc(F)ccc3c2C[C@@H]2CCCN2C(=O)[C@@H](NC(=O)[C@H](C)NC)C(C)C)nc2cc(F)ccc21. The van der Waals surface area contributed by atoms with E-state index in [4.69, 9.17) is 4.98 Å². The average molecular weight is 804 g/mol. The second-order valence-corrected chi connectivity index (χ2v) is 16.3. The second kappa shape index (κ2) is 18.4. The van der Waals surface area contributed by atoms with E-state index in [1.54, 1.807) is 40.1 Å². The Hall–Kier alpha value is -4.89. The Labute approximate surface area is 339 Å². The van der Waals surface area contributed by atoms with Crippen LogP contribution in [-0.4, -0.2) is 111 Å². The van der Waals surface area contributed by atoms with Crippen LogP contribution in [0.3, 0.4) is 0 Å². The number of H-pyrrole nitrogens is 1. The molecule has 0 spiro atoms. The fourth-order valence-corrected chi connectivity index (χ4v) is 8.48. The van der Waals surface area contributed by atoms with Crippen LogP contribution in [-0.2, 0) is 32.1 Å². The minimum absolute atomic E-state index is 0.137. The summed E-state index contributed by atoms with van der Waals surface area (Å²) in [6.45, 7) is 10.7. The zero-order chi connectivity index (χ0) is 41.8. The highest BCUT2D eigenvalue weighted by Crippen LogP contribution is 2.37. The summed E-state index contributed by atoms with van der Waals surface area (Å²) in [4.78, 5) is 66.4. The van der Waals surface area contributed by atoms with E-state index in [-0.39, 0.29) is 41.6 Å². The molecule has 6 atom stereocenters. The summed E-state index contributed by atoms with van der Waals surface area (Å²) >= 11 is 0. The van der Waals surface area contributed by atoms with Crippen LogP contribution in [0, 0.1) is 17.6 Å². The number of nitrogens with one attached hydrogen (secondary N) is 5. The molecule has 0 unspecified atom stereocenters. The van der Waals surface area contributed by atoms with Gasteiger partial charge in [-0.1, -0.05) is 27.2 Å². The number of amides is 4. The van der Waals surface area contributed by atoms with E-state index in [1.807, 2.05) is 35.1 Å². The number of hydrogen-bond acceptors (Lipinski definition) is 7. The first-order valence-corrected chi connectivity index (χ1v) is 20.8. The zero-order valence-corrected chi connectivity index (χ0v) is 34.8. The second-order valence-electron chi connectivity index (χ2n) is 16.3. The Morgan fingerprint density at radius 1 is 0.845 bits per heavy atom. The molecule has 4 aromatic rings. The highest BCUT2D eigenvalue weighted by molar-refractivity contribution is 5.93. The molecule has 2 saturated heterocycles. The van der Waals surface area contributed by atoms with Crippen molar-refractivity contribution in [2.45, 2.75) is 122 Å². The number of rotatable bonds is 16. The van der Waals surface area contributed by atoms with E-state index in [0.717, 1.165) is 36.6 Å². The first-order valence-electron chi connectivity index (χ1n) is 20.8. The molecule has 5 N–H and O–H groups in total. The van der Waals surface area contributed by atoms with E-state index >= 15 is 0 Å². The van der Waals surface area contributed by atoms with Gasteiger partial charge in [-0.15, -0.1) is 0 Å². The van der Waals surface area contributed by atoms with Gasteiger partial charge in [-0.2, -0.15) is 0 Å². The van der Waals surface area contributed by atoms with Gasteiger partial charge in [0.05, 0.1) is 28.8 Å². The molecule has 15 heteroatoms. The van der Waals surface area contributed by atoms with Gasteiger partial charge in [0.25, 0.3) is 0 Å². The predicted octanol–water partition coefficient (Wildman–Crippen LogP) is 4.63. The molecular formula is C43H59F2N9O4. The number of hydrogen-bond donors (Lipinski definition) is 5. The Morgan fingerprint density at radius 3 is 2.12 bits per heavy atom. The topological polar surface area (TPSA) is 156 Å². The first-order chi connectivity index (χ1) is 27.8. The summed E-state index contributed by atoms with van der Waals surface area (Å²) in [7, 11) is 3.40. The van der Waals surface area contributed by atoms with Crippen LogP contribution in [0.15, 0.2) is 36.4 Å². The number of imidazole rings is 1. The highest BCUT2D eigenvalue weighted by atomic mass is 19.1. The summed E-state index contributed by atoms with van der Waals surface area (Å²) in [6.07, 6.45) is 4.64. The van der Waals surface area contributed by atoms with Crippen molar-refractivity contribution in [3.63, 3.8) is 0 Å². The maximum absolute atomic E-state index is 14.8. The molecule has 6 rings (SSSR count). The summed E-state index contributed by atoms with van der Waals surface area (Å²) in [5.74, 6) is -1.27. The van der Waals surface area contributed by atoms with Crippen LogP contribution in [0.25, 0.3) is 33.5 Å². The van der Waals surface area contributed by atoms with Crippen LogP contribution in [0.4, 0.5) is 8.78 Å². The Morgan fingerprint density at radius 2 is 1.47 bits per heavy atom. The number of likely N-dealkylation sites (tertiary alicyclic amines) is 2. The molecule has 2 aliphatic heterocycles. The lowest BCUT2D eigenvalue weighted by Crippen LogP contribution is -2.55. The predicted molar refractivity (Wildman–Crippen MR) is 221 cm³/mol. The number of carbonyl (C=O) groups is 4. The molecule has 13 nitrogen and oxygen atoms in total. The van der Waals surface area contributed by atoms with E-state index in [0.29, 0.717) is 67.0 Å². The number of carbonyl (C=O) groups excluding carboxylic acids is 4. The highest BCUT2D eigenvalue weighted by Gasteiger charge is 2.38. The van der Waals surface area contributed by atoms with Crippen molar-refractivity contribution in [1.82, 2.24) is 45.6 Å². The summed E-state index contributed by atoms with van der Waals surface area (Å²) in [5.41, 5.74) is 3.14. The van der Waals surface area contributed by atoms with Crippen molar-refractivity contribution in [3.8, 4) is 11.5 Å². The third-order valence-electron chi connectivity index (χ3n) is 12.0. The minimum Gasteiger partial charge on any atom is -0.352 e. The van der Waals surface area contributed by atoms with Gasteiger partial charge in [-0.3, -0.25) is 19.2 Å². The zero-order valence-electron chi connectivity index (χ0n) is 34.8. The molecule has 58 heavy (non-hydrogen) atoms. The molecule has 0 radical (unpaired) electrons. The molecule has 2 aliphatic rings. The lowest BCUT2D eigenvalue weighted by atomic mass is 9.98. The van der Waals surface area contributed by atoms with Gasteiger partial charge in [0, 0.05) is 48.7 Å². The fraction of sp³-hybridized carbons (Fsp3) is 0.558. The Kier molecular flexibility index (Phi) is 13.5. The van der Waals surface area contributed by atoms with Crippen LogP contribution in [0.5, 0.6) is 0 Å². The average Bonchev–Trinajstić information content (AvgIpc) is 4.01. The molecular weight excluding hydrogens is 745 g/mol. The van der Waals surface area contributed by atoms with Gasteiger partial charge in [0.15, 0.2) is 5.82 Å². The molecule has 4 amide bonds. The van der Waals surface area contributed by atoms with Gasteiger partial charge < -0.3 is 40.6 Å². The third-order valence-corrected chi connectivity index (χ3v) is 12.0.